The topological polar surface area (TPSA) is 95.9 Å². The van der Waals surface area contributed by atoms with Gasteiger partial charge in [-0.1, -0.05) is 167 Å². The maximum absolute atomic E-state index is 12.5. The Morgan fingerprint density at radius 1 is 0.714 bits per heavy atom. The largest absolute Gasteiger partial charge is 0.393 e. The summed E-state index contributed by atoms with van der Waals surface area (Å²) in [6.45, 7) is 4.26. The molecule has 0 radical (unpaired) electrons. The summed E-state index contributed by atoms with van der Waals surface area (Å²) < 4.78 is 16.5. The first-order valence-electron chi connectivity index (χ1n) is 17.6. The van der Waals surface area contributed by atoms with Gasteiger partial charge in [0, 0.05) is 21.9 Å². The molecule has 8 heteroatoms. The first kappa shape index (κ1) is 41.8. The Kier molecular flexibility index (Phi) is 30.7. The predicted octanol–water partition coefficient (Wildman–Crippen LogP) is 11.1. The highest BCUT2D eigenvalue weighted by molar-refractivity contribution is 9.39. The van der Waals surface area contributed by atoms with Crippen molar-refractivity contribution < 1.29 is 23.9 Å². The van der Waals surface area contributed by atoms with E-state index in [9.17, 15) is 19.4 Å². The smallest absolute Gasteiger partial charge is 0.387 e. The number of rotatable bonds is 32. The van der Waals surface area contributed by atoms with Crippen LogP contribution in [0.1, 0.15) is 181 Å². The molecule has 0 aliphatic rings. The second-order valence-corrected chi connectivity index (χ2v) is 16.0. The summed E-state index contributed by atoms with van der Waals surface area (Å²) in [5.74, 6) is -0.160. The van der Waals surface area contributed by atoms with Gasteiger partial charge in [-0.15, -0.1) is 0 Å². The fourth-order valence-electron chi connectivity index (χ4n) is 5.28. The van der Waals surface area contributed by atoms with Crippen LogP contribution in [-0.4, -0.2) is 34.7 Å². The summed E-state index contributed by atoms with van der Waals surface area (Å²) in [4.78, 5) is 22.0. The molecule has 0 fully saturated rings. The van der Waals surface area contributed by atoms with E-state index in [0.717, 1.165) is 32.1 Å². The highest BCUT2D eigenvalue weighted by Gasteiger charge is 2.23. The summed E-state index contributed by atoms with van der Waals surface area (Å²) >= 11 is 2.61. The number of carbonyl (C=O) groups excluding carboxylic acids is 1. The van der Waals surface area contributed by atoms with Crippen LogP contribution in [0.2, 0.25) is 0 Å². The predicted molar refractivity (Wildman–Crippen MR) is 183 cm³/mol. The maximum Gasteiger partial charge on any atom is 0.393 e. The summed E-state index contributed by atoms with van der Waals surface area (Å²) in [6.07, 6.45) is 30.5. The van der Waals surface area contributed by atoms with Crippen LogP contribution in [0, 0.1) is 0 Å². The molecule has 0 aromatic heterocycles. The molecule has 0 aromatic rings. The van der Waals surface area contributed by atoms with Crippen molar-refractivity contribution in [3.8, 4) is 0 Å². The molecule has 1 amide bonds. The molecule has 42 heavy (non-hydrogen) atoms. The van der Waals surface area contributed by atoms with Crippen molar-refractivity contribution in [3.63, 3.8) is 0 Å². The second kappa shape index (κ2) is 30.8. The van der Waals surface area contributed by atoms with Gasteiger partial charge in [0.1, 0.15) is 0 Å². The van der Waals surface area contributed by atoms with E-state index in [4.69, 9.17) is 4.52 Å². The number of nitrogens with one attached hydrogen (secondary N) is 1. The highest BCUT2D eigenvalue weighted by Crippen LogP contribution is 2.50. The molecule has 0 aliphatic heterocycles. The van der Waals surface area contributed by atoms with Crippen LogP contribution in [0.25, 0.3) is 0 Å². The number of aliphatic hydroxyl groups excluding tert-OH is 1. The molecule has 0 heterocycles. The van der Waals surface area contributed by atoms with Crippen LogP contribution in [0.5, 0.6) is 0 Å². The molecule has 250 valence electrons. The van der Waals surface area contributed by atoms with E-state index < -0.39 is 18.4 Å². The van der Waals surface area contributed by atoms with E-state index in [1.807, 2.05) is 6.08 Å². The number of carbonyl (C=O) groups is 1. The summed E-state index contributed by atoms with van der Waals surface area (Å²) in [7, 11) is 0. The Labute approximate surface area is 267 Å². The summed E-state index contributed by atoms with van der Waals surface area (Å²) in [5.41, 5.74) is 0. The molecule has 3 N–H and O–H groups in total. The zero-order chi connectivity index (χ0) is 31.2. The fourth-order valence-corrected chi connectivity index (χ4v) is 5.98. The van der Waals surface area contributed by atoms with Gasteiger partial charge < -0.3 is 15.3 Å². The minimum atomic E-state index is -3.89. The van der Waals surface area contributed by atoms with E-state index in [1.54, 1.807) is 6.08 Å². The average Bonchev–Trinajstić information content (AvgIpc) is 2.95. The zero-order valence-corrected chi connectivity index (χ0v) is 29.8. The fraction of sp³-hybridized carbons (Fsp3) is 0.912. The van der Waals surface area contributed by atoms with E-state index in [-0.39, 0.29) is 12.5 Å². The van der Waals surface area contributed by atoms with Gasteiger partial charge in [-0.05, 0) is 19.3 Å². The van der Waals surface area contributed by atoms with Crippen LogP contribution in [-0.2, 0) is 13.9 Å². The minimum absolute atomic E-state index is 0.160. The van der Waals surface area contributed by atoms with Crippen molar-refractivity contribution in [2.24, 2.45) is 0 Å². The van der Waals surface area contributed by atoms with Gasteiger partial charge in [-0.25, -0.2) is 4.57 Å². The summed E-state index contributed by atoms with van der Waals surface area (Å²) in [6, 6.07) is -0.772. The number of halogens is 1. The van der Waals surface area contributed by atoms with Crippen LogP contribution in [0.3, 0.4) is 0 Å². The Morgan fingerprint density at radius 3 is 1.50 bits per heavy atom. The van der Waals surface area contributed by atoms with Crippen molar-refractivity contribution in [1.82, 2.24) is 5.32 Å². The Morgan fingerprint density at radius 2 is 1.10 bits per heavy atom. The lowest BCUT2D eigenvalue weighted by Gasteiger charge is -2.22. The lowest BCUT2D eigenvalue weighted by atomic mass is 10.0. The van der Waals surface area contributed by atoms with Crippen LogP contribution < -0.4 is 5.32 Å². The van der Waals surface area contributed by atoms with Gasteiger partial charge in [0.25, 0.3) is 0 Å². The molecule has 0 saturated carbocycles. The van der Waals surface area contributed by atoms with Crippen molar-refractivity contribution in [2.45, 2.75) is 193 Å². The molecule has 0 aliphatic carbocycles. The summed E-state index contributed by atoms with van der Waals surface area (Å²) in [5, 5.41) is 13.5. The van der Waals surface area contributed by atoms with Crippen LogP contribution >= 0.6 is 21.8 Å². The quantitative estimate of drug-likeness (QED) is 0.0373. The number of aliphatic hydroxyl groups is 1. The van der Waals surface area contributed by atoms with E-state index in [0.29, 0.717) is 6.42 Å². The minimum Gasteiger partial charge on any atom is -0.387 e. The third-order valence-electron chi connectivity index (χ3n) is 7.99. The van der Waals surface area contributed by atoms with E-state index >= 15 is 0 Å². The van der Waals surface area contributed by atoms with Gasteiger partial charge in [-0.3, -0.25) is 9.32 Å². The second-order valence-electron chi connectivity index (χ2n) is 12.2. The molecule has 0 spiro atoms. The van der Waals surface area contributed by atoms with Gasteiger partial charge in [0.05, 0.1) is 18.8 Å². The van der Waals surface area contributed by atoms with Crippen molar-refractivity contribution in [3.05, 3.63) is 12.2 Å². The molecule has 6 nitrogen and oxygen atoms in total. The first-order valence-corrected chi connectivity index (χ1v) is 21.2. The van der Waals surface area contributed by atoms with Gasteiger partial charge in [-0.2, -0.15) is 0 Å². The SMILES string of the molecule is CCCCCCCCCCCCC/C=C/[C@@H](O)[C@H](COP(=O)(O)Br)NC(=O)CCCCCCCCCCCCCCC. The lowest BCUT2D eigenvalue weighted by molar-refractivity contribution is -0.122. The van der Waals surface area contributed by atoms with Crippen molar-refractivity contribution >= 4 is 27.7 Å². The standard InChI is InChI=1S/C34H67BrNO5P/c1-3-5-7-9-11-13-15-17-19-21-23-25-27-29-33(37)32(31-41-42(35,39)40)36-34(38)30-28-26-24-22-20-18-16-14-12-10-8-6-4-2/h27,29,32-33,37H,3-26,28,30-31H2,1-2H3,(H,36,38)(H,39,40)/b29-27+/t32-,33+/m0/s1. The molecule has 0 bridgehead atoms. The number of hydrogen-bond acceptors (Lipinski definition) is 4. The van der Waals surface area contributed by atoms with Crippen molar-refractivity contribution in [1.29, 1.82) is 0 Å². The number of hydrogen-bond donors (Lipinski definition) is 3. The third kappa shape index (κ3) is 31.2. The van der Waals surface area contributed by atoms with Crippen molar-refractivity contribution in [2.75, 3.05) is 6.61 Å². The average molecular weight is 681 g/mol. The Balaban J connectivity index is 4.07. The normalized spacial score (nSPS) is 14.7. The Hall–Kier alpha value is -0.200. The number of amides is 1. The molecule has 1 unspecified atom stereocenters. The van der Waals surface area contributed by atoms with Gasteiger partial charge in [0.15, 0.2) is 0 Å². The Bertz CT molecular complexity index is 672. The van der Waals surface area contributed by atoms with Gasteiger partial charge >= 0.3 is 6.30 Å². The highest BCUT2D eigenvalue weighted by atomic mass is 79.9. The molecular formula is C34H67BrNO5P. The lowest BCUT2D eigenvalue weighted by Crippen LogP contribution is -2.45. The zero-order valence-electron chi connectivity index (χ0n) is 27.3. The molecule has 0 rings (SSSR count). The maximum atomic E-state index is 12.5. The van der Waals surface area contributed by atoms with E-state index in [2.05, 4.69) is 34.7 Å². The first-order chi connectivity index (χ1) is 20.3. The van der Waals surface area contributed by atoms with Crippen LogP contribution in [0.4, 0.5) is 0 Å². The monoisotopic (exact) mass is 679 g/mol. The van der Waals surface area contributed by atoms with Gasteiger partial charge in [0.2, 0.25) is 5.91 Å². The molecular weight excluding hydrogens is 613 g/mol. The van der Waals surface area contributed by atoms with Crippen LogP contribution in [0.15, 0.2) is 12.2 Å². The number of unbranched alkanes of at least 4 members (excludes halogenated alkanes) is 23. The molecule has 0 aromatic carbocycles. The molecule has 0 saturated heterocycles. The molecule has 3 atom stereocenters. The number of allylic oxidation sites excluding steroid dienone is 1. The van der Waals surface area contributed by atoms with E-state index in [1.165, 1.54) is 128 Å². The third-order valence-corrected chi connectivity index (χ3v) is 9.07.